The first-order valence-corrected chi connectivity index (χ1v) is 6.56. The second kappa shape index (κ2) is 4.78. The van der Waals surface area contributed by atoms with Crippen LogP contribution in [0.15, 0.2) is 0 Å². The van der Waals surface area contributed by atoms with Gasteiger partial charge in [0, 0.05) is 6.54 Å². The molecule has 1 heterocycles. The predicted molar refractivity (Wildman–Crippen MR) is 66.4 cm³/mol. The molecule has 0 aromatic carbocycles. The maximum Gasteiger partial charge on any atom is 0.288 e. The number of hydrogen-bond donors (Lipinski definition) is 1. The largest absolute Gasteiger partial charge is 0.288 e. The molecule has 0 aliphatic carbocycles. The molecule has 2 amide bonds. The average molecular weight is 247 g/mol. The van der Waals surface area contributed by atoms with E-state index in [-0.39, 0.29) is 22.5 Å². The van der Waals surface area contributed by atoms with Crippen LogP contribution in [0.25, 0.3) is 0 Å². The third kappa shape index (κ3) is 3.14. The number of thiol groups is 1. The molecule has 1 saturated heterocycles. The molecule has 0 saturated carbocycles. The summed E-state index contributed by atoms with van der Waals surface area (Å²) >= 11 is 5.37. The molecule has 1 atom stereocenters. The lowest BCUT2D eigenvalue weighted by atomic mass is 9.81. The van der Waals surface area contributed by atoms with E-state index in [2.05, 4.69) is 33.4 Å². The van der Waals surface area contributed by atoms with Crippen molar-refractivity contribution >= 4 is 35.5 Å². The second-order valence-corrected chi connectivity index (χ2v) is 6.10. The first-order valence-electron chi connectivity index (χ1n) is 4.94. The van der Waals surface area contributed by atoms with Crippen molar-refractivity contribution in [2.45, 2.75) is 20.8 Å². The predicted octanol–water partition coefficient (Wildman–Crippen LogP) is 2.27. The number of amides is 2. The Morgan fingerprint density at radius 1 is 1.47 bits per heavy atom. The van der Waals surface area contributed by atoms with Crippen molar-refractivity contribution in [3.63, 3.8) is 0 Å². The van der Waals surface area contributed by atoms with E-state index in [1.165, 1.54) is 4.90 Å². The highest BCUT2D eigenvalue weighted by Crippen LogP contribution is 2.30. The van der Waals surface area contributed by atoms with E-state index in [1.54, 1.807) is 0 Å². The summed E-state index contributed by atoms with van der Waals surface area (Å²) in [6.07, 6.45) is 0. The Morgan fingerprint density at radius 2 is 2.07 bits per heavy atom. The molecule has 0 aromatic rings. The van der Waals surface area contributed by atoms with Crippen LogP contribution in [0.4, 0.5) is 4.79 Å². The quantitative estimate of drug-likeness (QED) is 0.777. The number of thioether (sulfide) groups is 1. The van der Waals surface area contributed by atoms with Crippen LogP contribution in [0.1, 0.15) is 20.8 Å². The zero-order valence-corrected chi connectivity index (χ0v) is 11.0. The van der Waals surface area contributed by atoms with Gasteiger partial charge < -0.3 is 0 Å². The van der Waals surface area contributed by atoms with Gasteiger partial charge in [-0.2, -0.15) is 12.6 Å². The van der Waals surface area contributed by atoms with Crippen molar-refractivity contribution in [3.05, 3.63) is 0 Å². The van der Waals surface area contributed by atoms with Gasteiger partial charge in [0.25, 0.3) is 5.24 Å². The highest BCUT2D eigenvalue weighted by Gasteiger charge is 2.34. The summed E-state index contributed by atoms with van der Waals surface area (Å²) in [6.45, 7) is 6.81. The summed E-state index contributed by atoms with van der Waals surface area (Å²) in [4.78, 5) is 24.2. The molecule has 1 aliphatic rings. The lowest BCUT2D eigenvalue weighted by molar-refractivity contribution is -0.125. The third-order valence-electron chi connectivity index (χ3n) is 2.69. The van der Waals surface area contributed by atoms with Crippen molar-refractivity contribution < 1.29 is 9.59 Å². The normalized spacial score (nSPS) is 19.9. The number of hydrogen-bond acceptors (Lipinski definition) is 4. The summed E-state index contributed by atoms with van der Waals surface area (Å²) in [5.41, 5.74) is 0.0650. The van der Waals surface area contributed by atoms with Gasteiger partial charge in [-0.25, -0.2) is 0 Å². The van der Waals surface area contributed by atoms with Gasteiger partial charge >= 0.3 is 0 Å². The molecule has 0 N–H and O–H groups in total. The summed E-state index contributed by atoms with van der Waals surface area (Å²) < 4.78 is 0. The highest BCUT2D eigenvalue weighted by molar-refractivity contribution is 8.14. The smallest absolute Gasteiger partial charge is 0.273 e. The maximum absolute atomic E-state index is 11.4. The molecule has 1 rings (SSSR count). The number of nitrogens with zero attached hydrogens (tertiary/aromatic N) is 1. The third-order valence-corrected chi connectivity index (χ3v) is 3.99. The van der Waals surface area contributed by atoms with E-state index in [0.29, 0.717) is 18.1 Å². The number of carbonyl (C=O) groups is 2. The molecule has 0 bridgehead atoms. The minimum atomic E-state index is -0.115. The molecular formula is C10H17NO2S2. The fourth-order valence-corrected chi connectivity index (χ4v) is 2.78. The first kappa shape index (κ1) is 12.9. The second-order valence-electron chi connectivity index (χ2n) is 4.80. The first-order chi connectivity index (χ1) is 6.86. The zero-order chi connectivity index (χ0) is 11.6. The van der Waals surface area contributed by atoms with Gasteiger partial charge in [-0.3, -0.25) is 14.5 Å². The van der Waals surface area contributed by atoms with Crippen molar-refractivity contribution in [1.29, 1.82) is 0 Å². The Hall–Kier alpha value is -0.160. The monoisotopic (exact) mass is 247 g/mol. The van der Waals surface area contributed by atoms with Crippen LogP contribution in [-0.2, 0) is 4.79 Å². The van der Waals surface area contributed by atoms with Gasteiger partial charge in [-0.1, -0.05) is 32.5 Å². The van der Waals surface area contributed by atoms with Crippen LogP contribution < -0.4 is 0 Å². The molecular weight excluding hydrogens is 230 g/mol. The Morgan fingerprint density at radius 3 is 2.40 bits per heavy atom. The molecule has 3 nitrogen and oxygen atoms in total. The van der Waals surface area contributed by atoms with Gasteiger partial charge in [-0.15, -0.1) is 0 Å². The van der Waals surface area contributed by atoms with E-state index in [0.717, 1.165) is 11.8 Å². The number of carbonyl (C=O) groups excluding carboxylic acids is 2. The van der Waals surface area contributed by atoms with E-state index in [4.69, 9.17) is 0 Å². The fourth-order valence-electron chi connectivity index (χ4n) is 1.38. The lowest BCUT2D eigenvalue weighted by Crippen LogP contribution is -2.39. The molecule has 0 radical (unpaired) electrons. The number of rotatable bonds is 3. The van der Waals surface area contributed by atoms with Crippen molar-refractivity contribution in [3.8, 4) is 0 Å². The molecule has 0 aromatic heterocycles. The van der Waals surface area contributed by atoms with Crippen LogP contribution in [-0.4, -0.2) is 34.1 Å². The van der Waals surface area contributed by atoms with E-state index < -0.39 is 0 Å². The van der Waals surface area contributed by atoms with E-state index in [1.807, 2.05) is 0 Å². The molecule has 1 aliphatic heterocycles. The zero-order valence-electron chi connectivity index (χ0n) is 9.32. The summed E-state index contributed by atoms with van der Waals surface area (Å²) in [7, 11) is 0. The molecule has 1 unspecified atom stereocenters. The molecule has 15 heavy (non-hydrogen) atoms. The summed E-state index contributed by atoms with van der Waals surface area (Å²) in [5, 5.41) is -0.115. The van der Waals surface area contributed by atoms with Gasteiger partial charge in [0.1, 0.15) is 0 Å². The lowest BCUT2D eigenvalue weighted by Gasteiger charge is -2.31. The van der Waals surface area contributed by atoms with Crippen LogP contribution >= 0.6 is 24.4 Å². The SMILES string of the molecule is CC(C)(C)C(CS)CN1C(=O)CSC1=O. The molecule has 86 valence electrons. The Balaban J connectivity index is 2.67. The van der Waals surface area contributed by atoms with Crippen LogP contribution in [0.3, 0.4) is 0 Å². The Labute approximate surface area is 100 Å². The standard InChI is InChI=1S/C10H17NO2S2/c1-10(2,3)7(5-14)4-11-8(12)6-15-9(11)13/h7,14H,4-6H2,1-3H3. The number of imide groups is 1. The van der Waals surface area contributed by atoms with Crippen molar-refractivity contribution in [2.24, 2.45) is 11.3 Å². The van der Waals surface area contributed by atoms with Gasteiger partial charge in [0.05, 0.1) is 5.75 Å². The van der Waals surface area contributed by atoms with Crippen LogP contribution in [0.5, 0.6) is 0 Å². The topological polar surface area (TPSA) is 37.4 Å². The maximum atomic E-state index is 11.4. The Kier molecular flexibility index (Phi) is 4.12. The van der Waals surface area contributed by atoms with Crippen LogP contribution in [0.2, 0.25) is 0 Å². The highest BCUT2D eigenvalue weighted by atomic mass is 32.2. The van der Waals surface area contributed by atoms with Crippen LogP contribution in [0, 0.1) is 11.3 Å². The van der Waals surface area contributed by atoms with Gasteiger partial charge in [0.15, 0.2) is 0 Å². The average Bonchev–Trinajstić information content (AvgIpc) is 2.41. The van der Waals surface area contributed by atoms with Crippen molar-refractivity contribution in [2.75, 3.05) is 18.1 Å². The molecule has 0 spiro atoms. The van der Waals surface area contributed by atoms with E-state index >= 15 is 0 Å². The molecule has 1 fully saturated rings. The van der Waals surface area contributed by atoms with Gasteiger partial charge in [0.2, 0.25) is 5.91 Å². The van der Waals surface area contributed by atoms with Crippen molar-refractivity contribution in [1.82, 2.24) is 4.90 Å². The fraction of sp³-hybridized carbons (Fsp3) is 0.800. The minimum Gasteiger partial charge on any atom is -0.273 e. The molecule has 5 heteroatoms. The minimum absolute atomic E-state index is 0.0650. The van der Waals surface area contributed by atoms with E-state index in [9.17, 15) is 9.59 Å². The van der Waals surface area contributed by atoms with Gasteiger partial charge in [-0.05, 0) is 17.1 Å². The summed E-state index contributed by atoms with van der Waals surface area (Å²) in [6, 6.07) is 0. The Bertz CT molecular complexity index is 257. The summed E-state index contributed by atoms with van der Waals surface area (Å²) in [5.74, 6) is 1.15.